The number of sulfone groups is 1. The van der Waals surface area contributed by atoms with Crippen molar-refractivity contribution in [3.63, 3.8) is 0 Å². The van der Waals surface area contributed by atoms with Crippen LogP contribution in [-0.2, 0) is 16.9 Å². The van der Waals surface area contributed by atoms with Crippen molar-refractivity contribution < 1.29 is 8.42 Å². The average Bonchev–Trinajstić information content (AvgIpc) is 2.79. The molecule has 102 valence electrons. The Bertz CT molecular complexity index is 662. The first-order chi connectivity index (χ1) is 8.96. The third-order valence-corrected chi connectivity index (χ3v) is 5.53. The summed E-state index contributed by atoms with van der Waals surface area (Å²) < 4.78 is 26.8. The van der Waals surface area contributed by atoms with Crippen molar-refractivity contribution in [1.29, 1.82) is 0 Å². The molecule has 1 aromatic carbocycles. The summed E-state index contributed by atoms with van der Waals surface area (Å²) in [6.07, 6.45) is 3.60. The summed E-state index contributed by atoms with van der Waals surface area (Å²) in [6, 6.07) is 6.90. The van der Waals surface area contributed by atoms with Gasteiger partial charge in [-0.2, -0.15) is 0 Å². The monoisotopic (exact) mass is 298 g/mol. The highest BCUT2D eigenvalue weighted by Gasteiger charge is 2.30. The van der Waals surface area contributed by atoms with Crippen molar-refractivity contribution >= 4 is 21.4 Å². The number of nitrogens with zero attached hydrogens (tertiary/aromatic N) is 2. The minimum absolute atomic E-state index is 0.0919. The molecule has 4 nitrogen and oxygen atoms in total. The van der Waals surface area contributed by atoms with Crippen molar-refractivity contribution in [3.8, 4) is 0 Å². The predicted molar refractivity (Wildman–Crippen MR) is 74.9 cm³/mol. The fraction of sp³-hybridized carbons (Fsp3) is 0.308. The molecule has 0 N–H and O–H groups in total. The lowest BCUT2D eigenvalue weighted by molar-refractivity contribution is 0.562. The molecular weight excluding hydrogens is 284 g/mol. The molecule has 1 unspecified atom stereocenters. The number of imidazole rings is 1. The largest absolute Gasteiger partial charge is 0.325 e. The molecule has 0 saturated heterocycles. The van der Waals surface area contributed by atoms with Crippen LogP contribution in [-0.4, -0.2) is 18.0 Å². The topological polar surface area (TPSA) is 52.0 Å². The van der Waals surface area contributed by atoms with Crippen molar-refractivity contribution in [2.24, 2.45) is 7.05 Å². The first-order valence-corrected chi connectivity index (χ1v) is 7.86. The number of hydrogen-bond acceptors (Lipinski definition) is 3. The van der Waals surface area contributed by atoms with E-state index in [4.69, 9.17) is 11.6 Å². The van der Waals surface area contributed by atoms with E-state index in [1.807, 2.05) is 6.92 Å². The van der Waals surface area contributed by atoms with E-state index in [2.05, 4.69) is 4.98 Å². The molecule has 0 spiro atoms. The standard InChI is InChI=1S/C13H15ClN2O2S/c1-3-12(10-4-6-11(14)7-5-10)19(17,18)13-15-8-9-16(13)2/h4-9,12H,3H2,1-2H3. The molecule has 2 rings (SSSR count). The van der Waals surface area contributed by atoms with Crippen LogP contribution in [0, 0.1) is 0 Å². The molecular formula is C13H15ClN2O2S. The average molecular weight is 299 g/mol. The number of rotatable bonds is 4. The molecule has 0 aliphatic carbocycles. The number of aryl methyl sites for hydroxylation is 1. The van der Waals surface area contributed by atoms with E-state index < -0.39 is 15.1 Å². The second-order valence-electron chi connectivity index (χ2n) is 4.31. The molecule has 1 heterocycles. The number of aromatic nitrogens is 2. The summed E-state index contributed by atoms with van der Waals surface area (Å²) in [5, 5.41) is 0.0770. The Hall–Kier alpha value is -1.33. The van der Waals surface area contributed by atoms with Crippen LogP contribution in [0.1, 0.15) is 24.2 Å². The Kier molecular flexibility index (Phi) is 3.96. The van der Waals surface area contributed by atoms with Crippen molar-refractivity contribution in [1.82, 2.24) is 9.55 Å². The number of benzene rings is 1. The van der Waals surface area contributed by atoms with Gasteiger partial charge >= 0.3 is 0 Å². The van der Waals surface area contributed by atoms with Gasteiger partial charge in [-0.1, -0.05) is 30.7 Å². The van der Waals surface area contributed by atoms with Gasteiger partial charge in [-0.05, 0) is 24.1 Å². The van der Waals surface area contributed by atoms with Crippen LogP contribution in [0.2, 0.25) is 5.02 Å². The molecule has 0 fully saturated rings. The third kappa shape index (κ3) is 2.67. The summed E-state index contributed by atoms with van der Waals surface area (Å²) in [6.45, 7) is 1.85. The van der Waals surface area contributed by atoms with E-state index in [1.54, 1.807) is 37.5 Å². The highest BCUT2D eigenvalue weighted by molar-refractivity contribution is 7.91. The van der Waals surface area contributed by atoms with E-state index in [0.29, 0.717) is 11.4 Å². The fourth-order valence-electron chi connectivity index (χ4n) is 2.07. The summed E-state index contributed by atoms with van der Waals surface area (Å²) in [5.74, 6) is 0. The van der Waals surface area contributed by atoms with E-state index in [0.717, 1.165) is 5.56 Å². The van der Waals surface area contributed by atoms with E-state index in [-0.39, 0.29) is 5.16 Å². The van der Waals surface area contributed by atoms with Gasteiger partial charge in [0.15, 0.2) is 0 Å². The highest BCUT2D eigenvalue weighted by Crippen LogP contribution is 2.31. The first kappa shape index (κ1) is 14.1. The van der Waals surface area contributed by atoms with Gasteiger partial charge in [0.05, 0.1) is 5.25 Å². The molecule has 0 bridgehead atoms. The molecule has 0 aliphatic heterocycles. The SMILES string of the molecule is CCC(c1ccc(Cl)cc1)S(=O)(=O)c1nccn1C. The molecule has 0 radical (unpaired) electrons. The van der Waals surface area contributed by atoms with Crippen molar-refractivity contribution in [2.45, 2.75) is 23.8 Å². The van der Waals surface area contributed by atoms with Crippen LogP contribution in [0.3, 0.4) is 0 Å². The van der Waals surface area contributed by atoms with Gasteiger partial charge in [0, 0.05) is 24.5 Å². The Morgan fingerprint density at radius 1 is 1.32 bits per heavy atom. The zero-order valence-electron chi connectivity index (χ0n) is 10.7. The van der Waals surface area contributed by atoms with E-state index in [1.165, 1.54) is 10.8 Å². The van der Waals surface area contributed by atoms with Crippen LogP contribution in [0.25, 0.3) is 0 Å². The van der Waals surface area contributed by atoms with Gasteiger partial charge in [-0.3, -0.25) is 0 Å². The summed E-state index contributed by atoms with van der Waals surface area (Å²) in [4.78, 5) is 3.95. The third-order valence-electron chi connectivity index (χ3n) is 3.02. The van der Waals surface area contributed by atoms with Crippen LogP contribution in [0.15, 0.2) is 41.8 Å². The smallest absolute Gasteiger partial charge is 0.227 e. The maximum absolute atomic E-state index is 12.6. The molecule has 1 atom stereocenters. The summed E-state index contributed by atoms with van der Waals surface area (Å²) >= 11 is 5.83. The molecule has 0 amide bonds. The summed E-state index contributed by atoms with van der Waals surface area (Å²) in [5.41, 5.74) is 0.731. The second-order valence-corrected chi connectivity index (χ2v) is 6.77. The summed E-state index contributed by atoms with van der Waals surface area (Å²) in [7, 11) is -1.82. The maximum Gasteiger partial charge on any atom is 0.227 e. The normalized spacial score (nSPS) is 13.4. The quantitative estimate of drug-likeness (QED) is 0.872. The van der Waals surface area contributed by atoms with Crippen LogP contribution in [0.4, 0.5) is 0 Å². The molecule has 0 aliphatic rings. The predicted octanol–water partition coefficient (Wildman–Crippen LogP) is 3.00. The Morgan fingerprint density at radius 3 is 2.42 bits per heavy atom. The lowest BCUT2D eigenvalue weighted by Crippen LogP contribution is -2.17. The lowest BCUT2D eigenvalue weighted by atomic mass is 10.1. The first-order valence-electron chi connectivity index (χ1n) is 5.93. The van der Waals surface area contributed by atoms with Crippen molar-refractivity contribution in [2.75, 3.05) is 0 Å². The zero-order chi connectivity index (χ0) is 14.0. The molecule has 0 saturated carbocycles. The van der Waals surface area contributed by atoms with E-state index >= 15 is 0 Å². The van der Waals surface area contributed by atoms with Gasteiger partial charge in [0.25, 0.3) is 0 Å². The Morgan fingerprint density at radius 2 is 1.95 bits per heavy atom. The Balaban J connectivity index is 2.48. The van der Waals surface area contributed by atoms with Gasteiger partial charge < -0.3 is 4.57 Å². The zero-order valence-corrected chi connectivity index (χ0v) is 12.3. The van der Waals surface area contributed by atoms with E-state index in [9.17, 15) is 8.42 Å². The lowest BCUT2D eigenvalue weighted by Gasteiger charge is -2.16. The fourth-order valence-corrected chi connectivity index (χ4v) is 4.07. The number of halogens is 1. The van der Waals surface area contributed by atoms with Crippen LogP contribution in [0.5, 0.6) is 0 Å². The molecule has 6 heteroatoms. The maximum atomic E-state index is 12.6. The van der Waals surface area contributed by atoms with Crippen LogP contribution < -0.4 is 0 Å². The Labute approximate surface area is 118 Å². The number of hydrogen-bond donors (Lipinski definition) is 0. The molecule has 1 aromatic heterocycles. The van der Waals surface area contributed by atoms with Gasteiger partial charge in [0.1, 0.15) is 0 Å². The van der Waals surface area contributed by atoms with Crippen LogP contribution >= 0.6 is 11.6 Å². The molecule has 19 heavy (non-hydrogen) atoms. The van der Waals surface area contributed by atoms with Crippen molar-refractivity contribution in [3.05, 3.63) is 47.2 Å². The minimum Gasteiger partial charge on any atom is -0.325 e. The van der Waals surface area contributed by atoms with Gasteiger partial charge in [0.2, 0.25) is 15.0 Å². The molecule has 2 aromatic rings. The highest BCUT2D eigenvalue weighted by atomic mass is 35.5. The van der Waals surface area contributed by atoms with Gasteiger partial charge in [-0.25, -0.2) is 13.4 Å². The van der Waals surface area contributed by atoms with Gasteiger partial charge in [-0.15, -0.1) is 0 Å². The second kappa shape index (κ2) is 5.35. The minimum atomic E-state index is -3.50.